The van der Waals surface area contributed by atoms with Crippen LogP contribution in [0.3, 0.4) is 0 Å². The Morgan fingerprint density at radius 1 is 1.12 bits per heavy atom. The van der Waals surface area contributed by atoms with E-state index in [4.69, 9.17) is 11.6 Å². The van der Waals surface area contributed by atoms with Gasteiger partial charge in [0.2, 0.25) is 10.1 Å². The van der Waals surface area contributed by atoms with E-state index in [1.807, 2.05) is 36.4 Å². The highest BCUT2D eigenvalue weighted by atomic mass is 35.5. The Morgan fingerprint density at radius 3 is 2.75 bits per heavy atom. The van der Waals surface area contributed by atoms with Gasteiger partial charge in [-0.05, 0) is 35.9 Å². The monoisotopic (exact) mass is 357 g/mol. The molecular formula is C16H12ClN5OS. The van der Waals surface area contributed by atoms with Gasteiger partial charge in [-0.3, -0.25) is 0 Å². The summed E-state index contributed by atoms with van der Waals surface area (Å²) in [7, 11) is 0. The van der Waals surface area contributed by atoms with E-state index >= 15 is 0 Å². The van der Waals surface area contributed by atoms with Crippen LogP contribution in [0, 0.1) is 0 Å². The fraction of sp³-hybridized carbons (Fsp3) is 0.0625. The summed E-state index contributed by atoms with van der Waals surface area (Å²) in [6.45, 7) is 0. The molecular weight excluding hydrogens is 346 g/mol. The highest BCUT2D eigenvalue weighted by Crippen LogP contribution is 2.25. The maximum absolute atomic E-state index is 9.36. The molecule has 0 aliphatic heterocycles. The van der Waals surface area contributed by atoms with Crippen LogP contribution in [0.1, 0.15) is 11.4 Å². The van der Waals surface area contributed by atoms with E-state index in [-0.39, 0.29) is 5.75 Å². The third-order valence-corrected chi connectivity index (χ3v) is 4.48. The van der Waals surface area contributed by atoms with Crippen molar-refractivity contribution in [3.05, 3.63) is 64.9 Å². The maximum Gasteiger partial charge on any atom is 0.236 e. The van der Waals surface area contributed by atoms with Gasteiger partial charge in [-0.1, -0.05) is 41.1 Å². The average Bonchev–Trinajstić information content (AvgIpc) is 3.11. The van der Waals surface area contributed by atoms with Gasteiger partial charge in [0.1, 0.15) is 5.75 Å². The largest absolute Gasteiger partial charge is 0.508 e. The molecule has 0 amide bonds. The summed E-state index contributed by atoms with van der Waals surface area (Å²) in [5, 5.41) is 26.8. The summed E-state index contributed by atoms with van der Waals surface area (Å²) >= 11 is 7.41. The Balaban J connectivity index is 1.60. The Kier molecular flexibility index (Phi) is 3.79. The van der Waals surface area contributed by atoms with Gasteiger partial charge in [0.15, 0.2) is 5.82 Å². The molecule has 0 saturated carbocycles. The lowest BCUT2D eigenvalue weighted by Gasteiger charge is -2.02. The number of phenols is 1. The first-order valence-corrected chi connectivity index (χ1v) is 8.38. The minimum Gasteiger partial charge on any atom is -0.508 e. The molecule has 0 saturated heterocycles. The second-order valence-electron chi connectivity index (χ2n) is 5.20. The number of nitrogens with one attached hydrogen (secondary N) is 1. The maximum atomic E-state index is 9.36. The first-order chi connectivity index (χ1) is 11.7. The summed E-state index contributed by atoms with van der Waals surface area (Å²) in [6.07, 6.45) is 0.585. The first-order valence-electron chi connectivity index (χ1n) is 7.19. The molecule has 120 valence electrons. The molecule has 6 nitrogen and oxygen atoms in total. The minimum atomic E-state index is 0.242. The van der Waals surface area contributed by atoms with Gasteiger partial charge >= 0.3 is 0 Å². The highest BCUT2D eigenvalue weighted by molar-refractivity contribution is 7.20. The average molecular weight is 358 g/mol. The molecule has 4 aromatic rings. The Hall–Kier alpha value is -2.64. The fourth-order valence-corrected chi connectivity index (χ4v) is 3.27. The first kappa shape index (κ1) is 14.9. The molecule has 2 N–H and O–H groups in total. The number of hydrogen-bond acceptors (Lipinski definition) is 6. The SMILES string of the molecule is Oc1ccc(Cc2nnc3sc(Nc4cccc(Cl)c4)nn23)cc1. The van der Waals surface area contributed by atoms with Gasteiger partial charge in [-0.2, -0.15) is 4.52 Å². The predicted molar refractivity (Wildman–Crippen MR) is 94.3 cm³/mol. The van der Waals surface area contributed by atoms with Gasteiger partial charge in [0.05, 0.1) is 0 Å². The van der Waals surface area contributed by atoms with Gasteiger partial charge in [-0.15, -0.1) is 15.3 Å². The summed E-state index contributed by atoms with van der Waals surface area (Å²) in [4.78, 5) is 0.716. The second-order valence-corrected chi connectivity index (χ2v) is 6.59. The van der Waals surface area contributed by atoms with Crippen molar-refractivity contribution in [2.24, 2.45) is 0 Å². The lowest BCUT2D eigenvalue weighted by Crippen LogP contribution is -1.98. The zero-order valence-corrected chi connectivity index (χ0v) is 13.9. The van der Waals surface area contributed by atoms with Crippen molar-refractivity contribution in [1.29, 1.82) is 0 Å². The van der Waals surface area contributed by atoms with Crippen LogP contribution in [-0.4, -0.2) is 24.9 Å². The number of aromatic hydroxyl groups is 1. The number of aromatic nitrogens is 4. The molecule has 0 atom stereocenters. The molecule has 0 aliphatic rings. The van der Waals surface area contributed by atoms with Gasteiger partial charge < -0.3 is 10.4 Å². The number of benzene rings is 2. The number of hydrogen-bond donors (Lipinski definition) is 2. The Labute approximate surface area is 146 Å². The van der Waals surface area contributed by atoms with Gasteiger partial charge in [0, 0.05) is 17.1 Å². The van der Waals surface area contributed by atoms with Crippen molar-refractivity contribution in [2.45, 2.75) is 6.42 Å². The zero-order valence-electron chi connectivity index (χ0n) is 12.3. The number of halogens is 1. The summed E-state index contributed by atoms with van der Waals surface area (Å²) in [6, 6.07) is 14.5. The Bertz CT molecular complexity index is 995. The van der Waals surface area contributed by atoms with Crippen LogP contribution in [0.4, 0.5) is 10.8 Å². The molecule has 2 heterocycles. The molecule has 4 rings (SSSR count). The smallest absolute Gasteiger partial charge is 0.236 e. The van der Waals surface area contributed by atoms with Crippen LogP contribution in [0.25, 0.3) is 4.96 Å². The van der Waals surface area contributed by atoms with Crippen molar-refractivity contribution in [3.8, 4) is 5.75 Å². The van der Waals surface area contributed by atoms with E-state index in [1.54, 1.807) is 16.6 Å². The predicted octanol–water partition coefficient (Wildman–Crippen LogP) is 3.88. The van der Waals surface area contributed by atoms with Crippen LogP contribution in [0.15, 0.2) is 48.5 Å². The molecule has 0 bridgehead atoms. The number of rotatable bonds is 4. The van der Waals surface area contributed by atoms with E-state index in [2.05, 4.69) is 20.6 Å². The van der Waals surface area contributed by atoms with Crippen LogP contribution in [0.5, 0.6) is 5.75 Å². The van der Waals surface area contributed by atoms with E-state index in [9.17, 15) is 5.11 Å². The molecule has 24 heavy (non-hydrogen) atoms. The minimum absolute atomic E-state index is 0.242. The quantitative estimate of drug-likeness (QED) is 0.579. The van der Waals surface area contributed by atoms with Crippen molar-refractivity contribution in [1.82, 2.24) is 19.8 Å². The van der Waals surface area contributed by atoms with Gasteiger partial charge in [0.25, 0.3) is 0 Å². The molecule has 0 unspecified atom stereocenters. The standard InChI is InChI=1S/C16H12ClN5OS/c17-11-2-1-3-12(9-11)18-15-21-22-14(19-20-16(22)24-15)8-10-4-6-13(23)7-5-10/h1-7,9,23H,8H2,(H,18,21). The van der Waals surface area contributed by atoms with E-state index in [0.717, 1.165) is 17.1 Å². The van der Waals surface area contributed by atoms with E-state index in [0.29, 0.717) is 21.5 Å². The molecule has 2 aromatic heterocycles. The second kappa shape index (κ2) is 6.10. The van der Waals surface area contributed by atoms with E-state index < -0.39 is 0 Å². The molecule has 2 aromatic carbocycles. The van der Waals surface area contributed by atoms with Crippen LogP contribution in [-0.2, 0) is 6.42 Å². The zero-order chi connectivity index (χ0) is 16.5. The Morgan fingerprint density at radius 2 is 1.96 bits per heavy atom. The van der Waals surface area contributed by atoms with Gasteiger partial charge in [-0.25, -0.2) is 0 Å². The van der Waals surface area contributed by atoms with E-state index in [1.165, 1.54) is 11.3 Å². The summed E-state index contributed by atoms with van der Waals surface area (Å²) in [5.74, 6) is 0.984. The van der Waals surface area contributed by atoms with Crippen LogP contribution in [0.2, 0.25) is 5.02 Å². The third kappa shape index (κ3) is 3.04. The highest BCUT2D eigenvalue weighted by Gasteiger charge is 2.12. The fourth-order valence-electron chi connectivity index (χ4n) is 2.30. The molecule has 8 heteroatoms. The number of anilines is 2. The van der Waals surface area contributed by atoms with Crippen molar-refractivity contribution < 1.29 is 5.11 Å². The molecule has 0 fully saturated rings. The number of fused-ring (bicyclic) bond motifs is 1. The topological polar surface area (TPSA) is 75.3 Å². The molecule has 0 spiro atoms. The van der Waals surface area contributed by atoms with Crippen molar-refractivity contribution >= 4 is 38.7 Å². The van der Waals surface area contributed by atoms with Crippen LogP contribution < -0.4 is 5.32 Å². The van der Waals surface area contributed by atoms with Crippen LogP contribution >= 0.6 is 22.9 Å². The summed E-state index contributed by atoms with van der Waals surface area (Å²) < 4.78 is 1.73. The van der Waals surface area contributed by atoms with Crippen molar-refractivity contribution in [2.75, 3.05) is 5.32 Å². The third-order valence-electron chi connectivity index (χ3n) is 3.43. The normalized spacial score (nSPS) is 11.0. The lowest BCUT2D eigenvalue weighted by molar-refractivity contribution is 0.475. The summed E-state index contributed by atoms with van der Waals surface area (Å²) in [5.41, 5.74) is 1.90. The molecule has 0 radical (unpaired) electrons. The van der Waals surface area contributed by atoms with Crippen molar-refractivity contribution in [3.63, 3.8) is 0 Å². The number of phenolic OH excluding ortho intramolecular Hbond substituents is 1. The molecule has 0 aliphatic carbocycles. The number of nitrogens with zero attached hydrogens (tertiary/aromatic N) is 4. The lowest BCUT2D eigenvalue weighted by atomic mass is 10.1.